The summed E-state index contributed by atoms with van der Waals surface area (Å²) in [5.74, 6) is 0.833. The van der Waals surface area contributed by atoms with Gasteiger partial charge in [0.05, 0.1) is 22.9 Å². The predicted octanol–water partition coefficient (Wildman–Crippen LogP) is 5.49. The average molecular weight is 346 g/mol. The van der Waals surface area contributed by atoms with Gasteiger partial charge in [0, 0.05) is 11.6 Å². The standard InChI is InChI=1S/C21H16ClN3/c22-17-10-12-18(13-11-17)23-14-21-24-19-8-4-5-9-20(19)25(21)15-16-6-2-1-3-7-16/h1-14H,15H2. The topological polar surface area (TPSA) is 30.2 Å². The van der Waals surface area contributed by atoms with Crippen molar-refractivity contribution >= 4 is 34.5 Å². The molecule has 4 heteroatoms. The van der Waals surface area contributed by atoms with Crippen molar-refractivity contribution in [2.75, 3.05) is 0 Å². The fraction of sp³-hybridized carbons (Fsp3) is 0.0476. The smallest absolute Gasteiger partial charge is 0.152 e. The van der Waals surface area contributed by atoms with E-state index in [4.69, 9.17) is 16.6 Å². The van der Waals surface area contributed by atoms with E-state index >= 15 is 0 Å². The first kappa shape index (κ1) is 15.6. The van der Waals surface area contributed by atoms with Crippen LogP contribution in [0.5, 0.6) is 0 Å². The van der Waals surface area contributed by atoms with Crippen LogP contribution in [0.15, 0.2) is 83.9 Å². The Hall–Kier alpha value is -2.91. The normalized spacial score (nSPS) is 11.4. The van der Waals surface area contributed by atoms with Crippen molar-refractivity contribution in [1.82, 2.24) is 9.55 Å². The Morgan fingerprint density at radius 3 is 2.40 bits per heavy atom. The van der Waals surface area contributed by atoms with Crippen LogP contribution in [-0.2, 0) is 6.54 Å². The summed E-state index contributed by atoms with van der Waals surface area (Å²) in [7, 11) is 0. The molecule has 0 spiro atoms. The SMILES string of the molecule is Clc1ccc(N=Cc2nc3ccccc3n2Cc2ccccc2)cc1. The van der Waals surface area contributed by atoms with Crippen molar-refractivity contribution in [2.45, 2.75) is 6.54 Å². The second-order valence-electron chi connectivity index (χ2n) is 5.77. The molecule has 0 atom stereocenters. The molecule has 3 aromatic carbocycles. The number of hydrogen-bond acceptors (Lipinski definition) is 2. The van der Waals surface area contributed by atoms with Gasteiger partial charge in [-0.3, -0.25) is 4.99 Å². The Labute approximate surface area is 151 Å². The van der Waals surface area contributed by atoms with Gasteiger partial charge < -0.3 is 4.57 Å². The highest BCUT2D eigenvalue weighted by atomic mass is 35.5. The fourth-order valence-corrected chi connectivity index (χ4v) is 2.91. The van der Waals surface area contributed by atoms with Crippen LogP contribution >= 0.6 is 11.6 Å². The molecule has 4 aromatic rings. The van der Waals surface area contributed by atoms with Crippen LogP contribution < -0.4 is 0 Å². The highest BCUT2D eigenvalue weighted by Gasteiger charge is 2.09. The lowest BCUT2D eigenvalue weighted by molar-refractivity contribution is 0.817. The van der Waals surface area contributed by atoms with Crippen molar-refractivity contribution in [2.24, 2.45) is 4.99 Å². The summed E-state index contributed by atoms with van der Waals surface area (Å²) in [6, 6.07) is 26.0. The lowest BCUT2D eigenvalue weighted by atomic mass is 10.2. The summed E-state index contributed by atoms with van der Waals surface area (Å²) in [6.45, 7) is 0.753. The maximum absolute atomic E-state index is 5.93. The van der Waals surface area contributed by atoms with Gasteiger partial charge in [-0.2, -0.15) is 0 Å². The van der Waals surface area contributed by atoms with E-state index in [2.05, 4.69) is 39.9 Å². The molecule has 4 rings (SSSR count). The molecule has 0 radical (unpaired) electrons. The number of aliphatic imine (C=N–C) groups is 1. The van der Waals surface area contributed by atoms with Gasteiger partial charge in [-0.15, -0.1) is 0 Å². The van der Waals surface area contributed by atoms with E-state index in [1.54, 1.807) is 0 Å². The minimum absolute atomic E-state index is 0.704. The second-order valence-corrected chi connectivity index (χ2v) is 6.20. The van der Waals surface area contributed by atoms with Gasteiger partial charge in [0.1, 0.15) is 0 Å². The largest absolute Gasteiger partial charge is 0.319 e. The van der Waals surface area contributed by atoms with Gasteiger partial charge in [0.15, 0.2) is 5.82 Å². The predicted molar refractivity (Wildman–Crippen MR) is 104 cm³/mol. The van der Waals surface area contributed by atoms with Crippen molar-refractivity contribution < 1.29 is 0 Å². The lowest BCUT2D eigenvalue weighted by Crippen LogP contribution is -2.04. The van der Waals surface area contributed by atoms with Crippen LogP contribution in [0, 0.1) is 0 Å². The zero-order valence-electron chi connectivity index (χ0n) is 13.5. The van der Waals surface area contributed by atoms with Crippen LogP contribution in [0.1, 0.15) is 11.4 Å². The first-order valence-electron chi connectivity index (χ1n) is 8.08. The fourth-order valence-electron chi connectivity index (χ4n) is 2.78. The van der Waals surface area contributed by atoms with E-state index in [1.165, 1.54) is 5.56 Å². The number of imidazole rings is 1. The van der Waals surface area contributed by atoms with Crippen LogP contribution in [0.2, 0.25) is 5.02 Å². The van der Waals surface area contributed by atoms with Gasteiger partial charge in [0.2, 0.25) is 0 Å². The summed E-state index contributed by atoms with van der Waals surface area (Å²) >= 11 is 5.93. The van der Waals surface area contributed by atoms with Gasteiger partial charge in [-0.05, 0) is 42.0 Å². The van der Waals surface area contributed by atoms with Crippen LogP contribution in [0.25, 0.3) is 11.0 Å². The third kappa shape index (κ3) is 3.47. The molecule has 0 saturated heterocycles. The molecule has 1 heterocycles. The number of hydrogen-bond donors (Lipinski definition) is 0. The third-order valence-corrected chi connectivity index (χ3v) is 4.28. The molecule has 0 fully saturated rings. The molecule has 0 aliphatic heterocycles. The summed E-state index contributed by atoms with van der Waals surface area (Å²) in [6.07, 6.45) is 1.81. The number of rotatable bonds is 4. The number of benzene rings is 3. The third-order valence-electron chi connectivity index (χ3n) is 4.02. The summed E-state index contributed by atoms with van der Waals surface area (Å²) in [5.41, 5.74) is 4.15. The number of halogens is 1. The Morgan fingerprint density at radius 2 is 1.60 bits per heavy atom. The van der Waals surface area contributed by atoms with E-state index in [9.17, 15) is 0 Å². The molecule has 25 heavy (non-hydrogen) atoms. The number of nitrogens with zero attached hydrogens (tertiary/aromatic N) is 3. The van der Waals surface area contributed by atoms with E-state index in [0.29, 0.717) is 5.02 Å². The van der Waals surface area contributed by atoms with Crippen LogP contribution in [0.3, 0.4) is 0 Å². The van der Waals surface area contributed by atoms with Gasteiger partial charge in [-0.25, -0.2) is 4.98 Å². The molecule has 1 aromatic heterocycles. The van der Waals surface area contributed by atoms with Crippen LogP contribution in [-0.4, -0.2) is 15.8 Å². The number of fused-ring (bicyclic) bond motifs is 1. The highest BCUT2D eigenvalue weighted by Crippen LogP contribution is 2.19. The molecule has 0 amide bonds. The number of para-hydroxylation sites is 2. The number of aromatic nitrogens is 2. The van der Waals surface area contributed by atoms with Crippen molar-refractivity contribution in [3.63, 3.8) is 0 Å². The maximum Gasteiger partial charge on any atom is 0.152 e. The van der Waals surface area contributed by atoms with Crippen molar-refractivity contribution in [3.05, 3.63) is 95.3 Å². The Morgan fingerprint density at radius 1 is 0.880 bits per heavy atom. The minimum atomic E-state index is 0.704. The average Bonchev–Trinajstić information content (AvgIpc) is 3.00. The Kier molecular flexibility index (Phi) is 4.32. The molecular formula is C21H16ClN3. The Bertz CT molecular complexity index is 1020. The molecule has 0 unspecified atom stereocenters. The van der Waals surface area contributed by atoms with E-state index < -0.39 is 0 Å². The van der Waals surface area contributed by atoms with Crippen molar-refractivity contribution in [1.29, 1.82) is 0 Å². The molecule has 0 bridgehead atoms. The second kappa shape index (κ2) is 6.91. The van der Waals surface area contributed by atoms with Gasteiger partial charge in [0.25, 0.3) is 0 Å². The first-order valence-corrected chi connectivity index (χ1v) is 8.46. The Balaban J connectivity index is 1.74. The van der Waals surface area contributed by atoms with Crippen molar-refractivity contribution in [3.8, 4) is 0 Å². The maximum atomic E-state index is 5.93. The summed E-state index contributed by atoms with van der Waals surface area (Å²) < 4.78 is 2.18. The lowest BCUT2D eigenvalue weighted by Gasteiger charge is -2.07. The zero-order valence-corrected chi connectivity index (χ0v) is 14.3. The molecule has 122 valence electrons. The van der Waals surface area contributed by atoms with Gasteiger partial charge in [-0.1, -0.05) is 54.1 Å². The first-order chi connectivity index (χ1) is 12.3. The molecule has 0 aliphatic carbocycles. The van der Waals surface area contributed by atoms with Crippen LogP contribution in [0.4, 0.5) is 5.69 Å². The molecular weight excluding hydrogens is 330 g/mol. The molecule has 0 N–H and O–H groups in total. The van der Waals surface area contributed by atoms with E-state index in [1.807, 2.05) is 54.7 Å². The highest BCUT2D eigenvalue weighted by molar-refractivity contribution is 6.30. The molecule has 0 saturated carbocycles. The minimum Gasteiger partial charge on any atom is -0.319 e. The van der Waals surface area contributed by atoms with E-state index in [-0.39, 0.29) is 0 Å². The summed E-state index contributed by atoms with van der Waals surface area (Å²) in [4.78, 5) is 9.28. The summed E-state index contributed by atoms with van der Waals surface area (Å²) in [5, 5.41) is 0.704. The van der Waals surface area contributed by atoms with E-state index in [0.717, 1.165) is 29.1 Å². The monoisotopic (exact) mass is 345 g/mol. The molecule has 3 nitrogen and oxygen atoms in total. The molecule has 0 aliphatic rings. The van der Waals surface area contributed by atoms with Gasteiger partial charge >= 0.3 is 0 Å². The zero-order chi connectivity index (χ0) is 17.1. The quantitative estimate of drug-likeness (QED) is 0.450.